The standard InChI is InChI=1S/C15H18F2N6O4/c1-6(24)9-10(25)15(19,3-2-4-16)13(27-9)22-5-7(17)8-11(22)21-14(18)23(20)12(8)26/h5-6,9-10,13,24-25H,4,19-20H2,1H3,(H2,18,21)/t6-,9+,10?,13+,15+/m0/s1. The second-order valence-corrected chi connectivity index (χ2v) is 6.23. The van der Waals surface area contributed by atoms with Gasteiger partial charge >= 0.3 is 0 Å². The molecule has 5 atom stereocenters. The van der Waals surface area contributed by atoms with Crippen LogP contribution in [0.3, 0.4) is 0 Å². The van der Waals surface area contributed by atoms with Gasteiger partial charge in [-0.3, -0.25) is 9.36 Å². The van der Waals surface area contributed by atoms with Crippen LogP contribution in [0.5, 0.6) is 0 Å². The monoisotopic (exact) mass is 384 g/mol. The Labute approximate surface area is 151 Å². The maximum absolute atomic E-state index is 14.4. The van der Waals surface area contributed by atoms with E-state index in [0.29, 0.717) is 4.68 Å². The minimum atomic E-state index is -1.93. The zero-order valence-corrected chi connectivity index (χ0v) is 14.1. The van der Waals surface area contributed by atoms with Crippen LogP contribution in [0.4, 0.5) is 14.7 Å². The molecule has 2 aromatic rings. The van der Waals surface area contributed by atoms with Gasteiger partial charge in [0.2, 0.25) is 5.95 Å². The summed E-state index contributed by atoms with van der Waals surface area (Å²) in [5, 5.41) is 19.9. The molecule has 1 unspecified atom stereocenters. The number of nitrogen functional groups attached to an aromatic ring is 2. The Balaban J connectivity index is 2.26. The van der Waals surface area contributed by atoms with E-state index >= 15 is 0 Å². The molecule has 0 saturated carbocycles. The van der Waals surface area contributed by atoms with Gasteiger partial charge in [0.05, 0.1) is 6.10 Å². The van der Waals surface area contributed by atoms with Crippen LogP contribution in [0.25, 0.3) is 11.0 Å². The van der Waals surface area contributed by atoms with Crippen molar-refractivity contribution in [1.82, 2.24) is 14.2 Å². The lowest BCUT2D eigenvalue weighted by Crippen LogP contribution is -2.54. The zero-order valence-electron chi connectivity index (χ0n) is 14.1. The number of alkyl halides is 1. The van der Waals surface area contributed by atoms with Crippen molar-refractivity contribution in [1.29, 1.82) is 0 Å². The number of nitrogens with zero attached hydrogens (tertiary/aromatic N) is 3. The number of fused-ring (bicyclic) bond motifs is 1. The van der Waals surface area contributed by atoms with Crippen LogP contribution in [0, 0.1) is 17.7 Å². The van der Waals surface area contributed by atoms with Crippen LogP contribution in [0.1, 0.15) is 13.2 Å². The second kappa shape index (κ2) is 6.46. The molecule has 0 radical (unpaired) electrons. The zero-order chi connectivity index (χ0) is 20.1. The summed E-state index contributed by atoms with van der Waals surface area (Å²) in [5.74, 6) is 8.51. The first-order chi connectivity index (χ1) is 12.6. The lowest BCUT2D eigenvalue weighted by Gasteiger charge is -2.28. The number of rotatable bonds is 2. The van der Waals surface area contributed by atoms with E-state index in [0.717, 1.165) is 10.8 Å². The van der Waals surface area contributed by atoms with Crippen molar-refractivity contribution in [2.75, 3.05) is 18.3 Å². The van der Waals surface area contributed by atoms with E-state index in [1.54, 1.807) is 0 Å². The average molecular weight is 384 g/mol. The lowest BCUT2D eigenvalue weighted by molar-refractivity contribution is -0.0756. The van der Waals surface area contributed by atoms with Crippen molar-refractivity contribution < 1.29 is 23.7 Å². The molecule has 27 heavy (non-hydrogen) atoms. The van der Waals surface area contributed by atoms with Gasteiger partial charge in [-0.15, -0.1) is 0 Å². The minimum absolute atomic E-state index is 0.253. The van der Waals surface area contributed by atoms with Gasteiger partial charge in [-0.25, -0.2) is 8.78 Å². The topological polar surface area (TPSA) is 168 Å². The number of nitrogens with two attached hydrogens (primary N) is 3. The Bertz CT molecular complexity index is 1010. The molecule has 1 saturated heterocycles. The number of hydrogen-bond acceptors (Lipinski definition) is 8. The third kappa shape index (κ3) is 2.72. The van der Waals surface area contributed by atoms with Crippen molar-refractivity contribution >= 4 is 17.0 Å². The third-order valence-corrected chi connectivity index (χ3v) is 4.45. The number of aliphatic hydroxyl groups is 2. The predicted octanol–water partition coefficient (Wildman–Crippen LogP) is -2.06. The van der Waals surface area contributed by atoms with Crippen molar-refractivity contribution in [3.8, 4) is 11.8 Å². The normalized spacial score (nSPS) is 28.9. The minimum Gasteiger partial charge on any atom is -0.391 e. The molecule has 1 fully saturated rings. The molecular formula is C15H18F2N6O4. The smallest absolute Gasteiger partial charge is 0.285 e. The van der Waals surface area contributed by atoms with Gasteiger partial charge in [-0.1, -0.05) is 11.8 Å². The Morgan fingerprint density at radius 2 is 2.22 bits per heavy atom. The summed E-state index contributed by atoms with van der Waals surface area (Å²) in [4.78, 5) is 16.1. The van der Waals surface area contributed by atoms with E-state index in [4.69, 9.17) is 22.0 Å². The summed E-state index contributed by atoms with van der Waals surface area (Å²) in [6.45, 7) is 0.290. The molecule has 10 nitrogen and oxygen atoms in total. The van der Waals surface area contributed by atoms with Crippen LogP contribution < -0.4 is 22.9 Å². The van der Waals surface area contributed by atoms with Gasteiger partial charge in [0.1, 0.15) is 24.3 Å². The van der Waals surface area contributed by atoms with Gasteiger partial charge < -0.3 is 32.3 Å². The third-order valence-electron chi connectivity index (χ3n) is 4.45. The maximum atomic E-state index is 14.4. The molecule has 0 bridgehead atoms. The number of aliphatic hydroxyl groups excluding tert-OH is 2. The molecular weight excluding hydrogens is 366 g/mol. The molecule has 146 valence electrons. The number of aromatic nitrogens is 3. The predicted molar refractivity (Wildman–Crippen MR) is 90.8 cm³/mol. The first-order valence-corrected chi connectivity index (χ1v) is 7.83. The Kier molecular flexibility index (Phi) is 4.56. The highest BCUT2D eigenvalue weighted by Gasteiger charge is 2.56. The second-order valence-electron chi connectivity index (χ2n) is 6.23. The number of hydrogen-bond donors (Lipinski definition) is 5. The molecule has 0 amide bonds. The summed E-state index contributed by atoms with van der Waals surface area (Å²) < 4.78 is 34.1. The van der Waals surface area contributed by atoms with E-state index in [2.05, 4.69) is 16.8 Å². The molecule has 3 rings (SSSR count). The highest BCUT2D eigenvalue weighted by atomic mass is 19.1. The fraction of sp³-hybridized carbons (Fsp3) is 0.467. The van der Waals surface area contributed by atoms with Crippen LogP contribution in [0.15, 0.2) is 11.0 Å². The van der Waals surface area contributed by atoms with Crippen LogP contribution in [-0.2, 0) is 4.74 Å². The maximum Gasteiger partial charge on any atom is 0.285 e. The van der Waals surface area contributed by atoms with Crippen LogP contribution in [-0.4, -0.2) is 55.0 Å². The van der Waals surface area contributed by atoms with Crippen LogP contribution >= 0.6 is 0 Å². The van der Waals surface area contributed by atoms with Gasteiger partial charge in [0, 0.05) is 6.20 Å². The van der Waals surface area contributed by atoms with Gasteiger partial charge in [0.25, 0.3) is 5.56 Å². The van der Waals surface area contributed by atoms with Crippen molar-refractivity contribution in [3.05, 3.63) is 22.4 Å². The fourth-order valence-corrected chi connectivity index (χ4v) is 3.11. The van der Waals surface area contributed by atoms with Crippen LogP contribution in [0.2, 0.25) is 0 Å². The molecule has 12 heteroatoms. The van der Waals surface area contributed by atoms with Crippen molar-refractivity contribution in [3.63, 3.8) is 0 Å². The molecule has 0 spiro atoms. The Hall–Kier alpha value is -2.72. The first kappa shape index (κ1) is 19.1. The molecule has 0 aliphatic carbocycles. The first-order valence-electron chi connectivity index (χ1n) is 7.83. The number of ether oxygens (including phenoxy) is 1. The molecule has 2 aromatic heterocycles. The summed E-state index contributed by atoms with van der Waals surface area (Å²) in [7, 11) is 0. The quantitative estimate of drug-likeness (QED) is 0.291. The van der Waals surface area contributed by atoms with E-state index in [1.807, 2.05) is 0 Å². The van der Waals surface area contributed by atoms with Crippen molar-refractivity contribution in [2.45, 2.75) is 37.0 Å². The summed E-state index contributed by atoms with van der Waals surface area (Å²) in [6.07, 6.45) is -4.47. The molecule has 1 aliphatic rings. The highest BCUT2D eigenvalue weighted by molar-refractivity contribution is 5.77. The van der Waals surface area contributed by atoms with Gasteiger partial charge in [-0.05, 0) is 6.92 Å². The Morgan fingerprint density at radius 3 is 2.81 bits per heavy atom. The van der Waals surface area contributed by atoms with E-state index in [-0.39, 0.29) is 5.65 Å². The average Bonchev–Trinajstić information content (AvgIpc) is 3.06. The summed E-state index contributed by atoms with van der Waals surface area (Å²) in [6, 6.07) is 0. The molecule has 1 aliphatic heterocycles. The highest BCUT2D eigenvalue weighted by Crippen LogP contribution is 2.39. The van der Waals surface area contributed by atoms with Gasteiger partial charge in [-0.2, -0.15) is 9.66 Å². The van der Waals surface area contributed by atoms with E-state index in [1.165, 1.54) is 6.92 Å². The summed E-state index contributed by atoms with van der Waals surface area (Å²) in [5.41, 5.74) is 8.60. The lowest BCUT2D eigenvalue weighted by atomic mass is 9.90. The number of anilines is 1. The number of halogens is 2. The largest absolute Gasteiger partial charge is 0.391 e. The van der Waals surface area contributed by atoms with Crippen molar-refractivity contribution in [2.24, 2.45) is 5.73 Å². The van der Waals surface area contributed by atoms with Gasteiger partial charge in [0.15, 0.2) is 23.2 Å². The summed E-state index contributed by atoms with van der Waals surface area (Å²) >= 11 is 0. The van der Waals surface area contributed by atoms with E-state index in [9.17, 15) is 23.8 Å². The fourth-order valence-electron chi connectivity index (χ4n) is 3.11. The molecule has 8 N–H and O–H groups in total. The van der Waals surface area contributed by atoms with E-state index < -0.39 is 59.5 Å². The SMILES string of the molecule is C[C@H](O)[C@H]1O[C@@H](n2cc(F)c3c(=O)n(N)c(N)nc32)[C@@](N)(C#CCF)C1O. The molecule has 3 heterocycles. The molecule has 0 aromatic carbocycles. The Morgan fingerprint density at radius 1 is 1.56 bits per heavy atom.